The molecule has 6 nitrogen and oxygen atoms in total. The van der Waals surface area contributed by atoms with E-state index in [2.05, 4.69) is 5.10 Å². The summed E-state index contributed by atoms with van der Waals surface area (Å²) in [4.78, 5) is 26.4. The van der Waals surface area contributed by atoms with E-state index in [1.807, 2.05) is 6.92 Å². The molecule has 26 heavy (non-hydrogen) atoms. The molecule has 1 saturated heterocycles. The standard InChI is InChI=1S/C19H22FN3O3/c1-12-17(13(2)23(21-12)16-6-4-15(20)5-7-16)18(24)22-10-8-14(9-11-22)19(25)26-3/h4-7,14H,8-11H2,1-3H3. The smallest absolute Gasteiger partial charge is 0.308 e. The fraction of sp³-hybridized carbons (Fsp3) is 0.421. The third-order valence-electron chi connectivity index (χ3n) is 4.89. The van der Waals surface area contributed by atoms with Gasteiger partial charge in [0.25, 0.3) is 5.91 Å². The molecule has 1 aliphatic rings. The van der Waals surface area contributed by atoms with Crippen LogP contribution >= 0.6 is 0 Å². The van der Waals surface area contributed by atoms with Gasteiger partial charge in [0, 0.05) is 13.1 Å². The molecule has 0 atom stereocenters. The Labute approximate surface area is 151 Å². The highest BCUT2D eigenvalue weighted by Crippen LogP contribution is 2.24. The fourth-order valence-electron chi connectivity index (χ4n) is 3.43. The first kappa shape index (κ1) is 18.1. The number of likely N-dealkylation sites (tertiary alicyclic amines) is 1. The number of piperidine rings is 1. The Morgan fingerprint density at radius 3 is 2.35 bits per heavy atom. The Bertz CT molecular complexity index is 821. The first-order valence-corrected chi connectivity index (χ1v) is 8.61. The van der Waals surface area contributed by atoms with Crippen molar-refractivity contribution in [3.05, 3.63) is 47.0 Å². The summed E-state index contributed by atoms with van der Waals surface area (Å²) >= 11 is 0. The molecular weight excluding hydrogens is 337 g/mol. The maximum atomic E-state index is 13.1. The summed E-state index contributed by atoms with van der Waals surface area (Å²) < 4.78 is 19.6. The zero-order chi connectivity index (χ0) is 18.8. The Morgan fingerprint density at radius 1 is 1.15 bits per heavy atom. The molecule has 0 saturated carbocycles. The molecule has 1 aliphatic heterocycles. The molecule has 7 heteroatoms. The van der Waals surface area contributed by atoms with E-state index < -0.39 is 0 Å². The molecule has 0 aliphatic carbocycles. The van der Waals surface area contributed by atoms with Gasteiger partial charge in [-0.1, -0.05) is 0 Å². The van der Waals surface area contributed by atoms with Crippen molar-refractivity contribution in [3.8, 4) is 5.69 Å². The average Bonchev–Trinajstić information content (AvgIpc) is 2.95. The molecule has 2 heterocycles. The van der Waals surface area contributed by atoms with Crippen molar-refractivity contribution in [3.63, 3.8) is 0 Å². The molecule has 1 aromatic heterocycles. The van der Waals surface area contributed by atoms with Crippen LogP contribution in [0.3, 0.4) is 0 Å². The van der Waals surface area contributed by atoms with E-state index in [1.54, 1.807) is 28.6 Å². The van der Waals surface area contributed by atoms with Crippen molar-refractivity contribution in [2.75, 3.05) is 20.2 Å². The number of aryl methyl sites for hydroxylation is 1. The van der Waals surface area contributed by atoms with E-state index in [4.69, 9.17) is 4.74 Å². The molecule has 3 rings (SSSR count). The molecular formula is C19H22FN3O3. The summed E-state index contributed by atoms with van der Waals surface area (Å²) in [5.74, 6) is -0.765. The van der Waals surface area contributed by atoms with Gasteiger partial charge in [-0.25, -0.2) is 9.07 Å². The lowest BCUT2D eigenvalue weighted by atomic mass is 9.96. The topological polar surface area (TPSA) is 64.4 Å². The van der Waals surface area contributed by atoms with Crippen molar-refractivity contribution in [2.24, 2.45) is 5.92 Å². The minimum atomic E-state index is -0.319. The second-order valence-corrected chi connectivity index (χ2v) is 6.52. The van der Waals surface area contributed by atoms with Crippen LogP contribution in [0.1, 0.15) is 34.6 Å². The molecule has 0 bridgehead atoms. The van der Waals surface area contributed by atoms with Gasteiger partial charge in [-0.2, -0.15) is 5.10 Å². The van der Waals surface area contributed by atoms with E-state index in [-0.39, 0.29) is 23.6 Å². The number of nitrogens with zero attached hydrogens (tertiary/aromatic N) is 3. The summed E-state index contributed by atoms with van der Waals surface area (Å²) in [5.41, 5.74) is 2.61. The monoisotopic (exact) mass is 359 g/mol. The van der Waals surface area contributed by atoms with Gasteiger partial charge in [0.05, 0.1) is 35.7 Å². The number of carbonyl (C=O) groups is 2. The van der Waals surface area contributed by atoms with Gasteiger partial charge in [-0.15, -0.1) is 0 Å². The number of amides is 1. The second kappa shape index (κ2) is 7.27. The SMILES string of the molecule is COC(=O)C1CCN(C(=O)c2c(C)nn(-c3ccc(F)cc3)c2C)CC1. The van der Waals surface area contributed by atoms with E-state index in [9.17, 15) is 14.0 Å². The Balaban J connectivity index is 1.80. The summed E-state index contributed by atoms with van der Waals surface area (Å²) in [6, 6.07) is 5.99. The number of esters is 1. The quantitative estimate of drug-likeness (QED) is 0.791. The lowest BCUT2D eigenvalue weighted by Crippen LogP contribution is -2.40. The van der Waals surface area contributed by atoms with Crippen molar-refractivity contribution in [2.45, 2.75) is 26.7 Å². The lowest BCUT2D eigenvalue weighted by Gasteiger charge is -2.30. The van der Waals surface area contributed by atoms with Crippen molar-refractivity contribution < 1.29 is 18.7 Å². The molecule has 0 unspecified atom stereocenters. The van der Waals surface area contributed by atoms with Crippen LogP contribution in [0.25, 0.3) is 5.69 Å². The maximum Gasteiger partial charge on any atom is 0.308 e. The predicted octanol–water partition coefficient (Wildman–Crippen LogP) is 2.65. The highest BCUT2D eigenvalue weighted by Gasteiger charge is 2.30. The van der Waals surface area contributed by atoms with Crippen LogP contribution in [0.4, 0.5) is 4.39 Å². The number of ether oxygens (including phenoxy) is 1. The highest BCUT2D eigenvalue weighted by atomic mass is 19.1. The fourth-order valence-corrected chi connectivity index (χ4v) is 3.43. The number of methoxy groups -OCH3 is 1. The van der Waals surface area contributed by atoms with Crippen LogP contribution in [0.15, 0.2) is 24.3 Å². The number of aromatic nitrogens is 2. The minimum Gasteiger partial charge on any atom is -0.469 e. The zero-order valence-electron chi connectivity index (χ0n) is 15.2. The van der Waals surface area contributed by atoms with E-state index in [0.29, 0.717) is 48.6 Å². The molecule has 138 valence electrons. The third-order valence-corrected chi connectivity index (χ3v) is 4.89. The number of rotatable bonds is 3. The van der Waals surface area contributed by atoms with E-state index in [0.717, 1.165) is 0 Å². The summed E-state index contributed by atoms with van der Waals surface area (Å²) in [7, 11) is 1.39. The van der Waals surface area contributed by atoms with Crippen LogP contribution in [0, 0.1) is 25.6 Å². The van der Waals surface area contributed by atoms with E-state index >= 15 is 0 Å². The number of hydrogen-bond acceptors (Lipinski definition) is 4. The normalized spacial score (nSPS) is 15.2. The summed E-state index contributed by atoms with van der Waals surface area (Å²) in [6.07, 6.45) is 1.20. The predicted molar refractivity (Wildman–Crippen MR) is 93.6 cm³/mol. The van der Waals surface area contributed by atoms with Gasteiger partial charge in [-0.05, 0) is 51.0 Å². The van der Waals surface area contributed by atoms with Crippen LogP contribution in [-0.4, -0.2) is 46.8 Å². The molecule has 0 N–H and O–H groups in total. The average molecular weight is 359 g/mol. The second-order valence-electron chi connectivity index (χ2n) is 6.52. The number of carbonyl (C=O) groups excluding carboxylic acids is 2. The zero-order valence-corrected chi connectivity index (χ0v) is 15.2. The van der Waals surface area contributed by atoms with E-state index in [1.165, 1.54) is 19.2 Å². The van der Waals surface area contributed by atoms with Gasteiger partial charge in [0.1, 0.15) is 5.82 Å². The number of benzene rings is 1. The molecule has 1 fully saturated rings. The van der Waals surface area contributed by atoms with Crippen LogP contribution in [0.5, 0.6) is 0 Å². The first-order chi connectivity index (χ1) is 12.4. The van der Waals surface area contributed by atoms with Crippen molar-refractivity contribution >= 4 is 11.9 Å². The molecule has 0 spiro atoms. The van der Waals surface area contributed by atoms with Crippen molar-refractivity contribution in [1.29, 1.82) is 0 Å². The van der Waals surface area contributed by atoms with Gasteiger partial charge in [0.15, 0.2) is 0 Å². The third kappa shape index (κ3) is 3.34. The van der Waals surface area contributed by atoms with Crippen LogP contribution in [0.2, 0.25) is 0 Å². The molecule has 1 amide bonds. The largest absolute Gasteiger partial charge is 0.469 e. The van der Waals surface area contributed by atoms with Gasteiger partial charge in [-0.3, -0.25) is 9.59 Å². The van der Waals surface area contributed by atoms with Gasteiger partial charge < -0.3 is 9.64 Å². The van der Waals surface area contributed by atoms with Crippen molar-refractivity contribution in [1.82, 2.24) is 14.7 Å². The van der Waals surface area contributed by atoms with Crippen LogP contribution in [-0.2, 0) is 9.53 Å². The highest BCUT2D eigenvalue weighted by molar-refractivity contribution is 5.96. The lowest BCUT2D eigenvalue weighted by molar-refractivity contribution is -0.146. The minimum absolute atomic E-state index is 0.0864. The Hall–Kier alpha value is -2.70. The molecule has 0 radical (unpaired) electrons. The maximum absolute atomic E-state index is 13.1. The summed E-state index contributed by atoms with van der Waals surface area (Å²) in [6.45, 7) is 4.65. The number of hydrogen-bond donors (Lipinski definition) is 0. The molecule has 2 aromatic rings. The number of halogens is 1. The van der Waals surface area contributed by atoms with Crippen LogP contribution < -0.4 is 0 Å². The molecule has 1 aromatic carbocycles. The Kier molecular flexibility index (Phi) is 5.06. The Morgan fingerprint density at radius 2 is 1.77 bits per heavy atom. The summed E-state index contributed by atoms with van der Waals surface area (Å²) in [5, 5.41) is 4.46. The van der Waals surface area contributed by atoms with Gasteiger partial charge in [0.2, 0.25) is 0 Å². The van der Waals surface area contributed by atoms with Gasteiger partial charge >= 0.3 is 5.97 Å². The first-order valence-electron chi connectivity index (χ1n) is 8.61.